The van der Waals surface area contributed by atoms with Gasteiger partial charge >= 0.3 is 0 Å². The molecule has 2 N–H and O–H groups in total. The molecule has 1 aromatic rings. The van der Waals surface area contributed by atoms with Gasteiger partial charge < -0.3 is 10.4 Å². The maximum Gasteiger partial charge on any atom is 0.244 e. The van der Waals surface area contributed by atoms with Gasteiger partial charge in [0.25, 0.3) is 0 Å². The first-order chi connectivity index (χ1) is 8.53. The normalized spacial score (nSPS) is 14.4. The van der Waals surface area contributed by atoms with Crippen LogP contribution in [0.25, 0.3) is 6.08 Å². The van der Waals surface area contributed by atoms with Crippen molar-refractivity contribution >= 4 is 23.7 Å². The van der Waals surface area contributed by atoms with Crippen LogP contribution in [0, 0.1) is 0 Å². The molecule has 0 aliphatic rings. The molecule has 3 nitrogen and oxygen atoms in total. The van der Waals surface area contributed by atoms with Gasteiger partial charge in [0.1, 0.15) is 0 Å². The van der Waals surface area contributed by atoms with Crippen molar-refractivity contribution in [1.82, 2.24) is 5.32 Å². The molecule has 0 unspecified atom stereocenters. The number of amides is 1. The number of benzene rings is 1. The summed E-state index contributed by atoms with van der Waals surface area (Å²) < 4.78 is 0. The zero-order valence-electron chi connectivity index (χ0n) is 10.7. The Morgan fingerprint density at radius 2 is 2.11 bits per heavy atom. The Balaban J connectivity index is 2.41. The molecule has 0 aromatic heterocycles. The summed E-state index contributed by atoms with van der Waals surface area (Å²) in [6.07, 6.45) is 5.15. The number of nitrogens with one attached hydrogen (secondary N) is 1. The standard InChI is InChI=1S/C14H19NO2S/c1-14(17,11-18-2)10-15-13(16)9-8-12-6-4-3-5-7-12/h3-9,17H,10-11H2,1-2H3,(H,15,16)/b9-8+/t14-/m0/s1. The second-order valence-corrected chi connectivity index (χ2v) is 5.26. The van der Waals surface area contributed by atoms with E-state index in [0.29, 0.717) is 5.75 Å². The molecule has 0 saturated heterocycles. The Morgan fingerprint density at radius 3 is 2.72 bits per heavy atom. The third-order valence-electron chi connectivity index (χ3n) is 2.33. The molecule has 1 aromatic carbocycles. The lowest BCUT2D eigenvalue weighted by Crippen LogP contribution is -2.41. The third-order valence-corrected chi connectivity index (χ3v) is 3.24. The first-order valence-corrected chi connectivity index (χ1v) is 7.15. The van der Waals surface area contributed by atoms with Gasteiger partial charge in [-0.15, -0.1) is 0 Å². The highest BCUT2D eigenvalue weighted by molar-refractivity contribution is 7.98. The van der Waals surface area contributed by atoms with E-state index in [9.17, 15) is 9.90 Å². The van der Waals surface area contributed by atoms with Crippen molar-refractivity contribution in [3.8, 4) is 0 Å². The summed E-state index contributed by atoms with van der Waals surface area (Å²) in [5.41, 5.74) is 0.110. The molecular weight excluding hydrogens is 246 g/mol. The number of hydrogen-bond acceptors (Lipinski definition) is 3. The molecule has 0 radical (unpaired) electrons. The van der Waals surface area contributed by atoms with Gasteiger partial charge in [-0.25, -0.2) is 0 Å². The predicted octanol–water partition coefficient (Wildman–Crippen LogP) is 1.93. The van der Waals surface area contributed by atoms with Crippen LogP contribution < -0.4 is 5.32 Å². The zero-order chi connectivity index (χ0) is 13.4. The Kier molecular flexibility index (Phi) is 5.95. The number of thioether (sulfide) groups is 1. The van der Waals surface area contributed by atoms with Gasteiger partial charge in [-0.05, 0) is 24.8 Å². The van der Waals surface area contributed by atoms with Crippen molar-refractivity contribution in [2.75, 3.05) is 18.6 Å². The Hall–Kier alpha value is -1.26. The number of rotatable bonds is 6. The van der Waals surface area contributed by atoms with E-state index in [1.807, 2.05) is 36.6 Å². The molecule has 1 amide bonds. The van der Waals surface area contributed by atoms with Crippen LogP contribution in [0.5, 0.6) is 0 Å². The van der Waals surface area contributed by atoms with Crippen molar-refractivity contribution in [2.45, 2.75) is 12.5 Å². The quantitative estimate of drug-likeness (QED) is 0.773. The van der Waals surface area contributed by atoms with Crippen LogP contribution in [0.1, 0.15) is 12.5 Å². The molecule has 98 valence electrons. The van der Waals surface area contributed by atoms with Gasteiger partial charge in [0.05, 0.1) is 5.60 Å². The molecule has 0 fully saturated rings. The first kappa shape index (κ1) is 14.8. The largest absolute Gasteiger partial charge is 0.387 e. The van der Waals surface area contributed by atoms with Crippen molar-refractivity contribution < 1.29 is 9.90 Å². The lowest BCUT2D eigenvalue weighted by atomic mass is 10.1. The molecule has 4 heteroatoms. The molecule has 18 heavy (non-hydrogen) atoms. The van der Waals surface area contributed by atoms with Gasteiger partial charge in [0.15, 0.2) is 0 Å². The first-order valence-electron chi connectivity index (χ1n) is 5.76. The van der Waals surface area contributed by atoms with Crippen molar-refractivity contribution in [3.05, 3.63) is 42.0 Å². The monoisotopic (exact) mass is 265 g/mol. The van der Waals surface area contributed by atoms with E-state index >= 15 is 0 Å². The highest BCUT2D eigenvalue weighted by Gasteiger charge is 2.19. The van der Waals surface area contributed by atoms with E-state index in [-0.39, 0.29) is 12.5 Å². The summed E-state index contributed by atoms with van der Waals surface area (Å²) in [5.74, 6) is 0.399. The van der Waals surface area contributed by atoms with Crippen LogP contribution in [0.2, 0.25) is 0 Å². The fourth-order valence-corrected chi connectivity index (χ4v) is 2.16. The predicted molar refractivity (Wildman–Crippen MR) is 77.5 cm³/mol. The lowest BCUT2D eigenvalue weighted by Gasteiger charge is -2.21. The molecule has 0 aliphatic carbocycles. The fraction of sp³-hybridized carbons (Fsp3) is 0.357. The molecule has 0 saturated carbocycles. The van der Waals surface area contributed by atoms with E-state index in [0.717, 1.165) is 5.56 Å². The van der Waals surface area contributed by atoms with Gasteiger partial charge in [-0.3, -0.25) is 4.79 Å². The van der Waals surface area contributed by atoms with E-state index in [1.165, 1.54) is 6.08 Å². The number of carbonyl (C=O) groups is 1. The summed E-state index contributed by atoms with van der Waals surface area (Å²) in [6, 6.07) is 9.61. The minimum atomic E-state index is -0.865. The fourth-order valence-electron chi connectivity index (χ4n) is 1.43. The number of hydrogen-bond donors (Lipinski definition) is 2. The van der Waals surface area contributed by atoms with Crippen LogP contribution in [0.15, 0.2) is 36.4 Å². The van der Waals surface area contributed by atoms with Gasteiger partial charge in [-0.1, -0.05) is 30.3 Å². The highest BCUT2D eigenvalue weighted by Crippen LogP contribution is 2.09. The van der Waals surface area contributed by atoms with Gasteiger partial charge in [-0.2, -0.15) is 11.8 Å². The molecule has 1 atom stereocenters. The minimum absolute atomic E-state index is 0.194. The van der Waals surface area contributed by atoms with E-state index < -0.39 is 5.60 Å². The summed E-state index contributed by atoms with van der Waals surface area (Å²) >= 11 is 1.55. The Bertz CT molecular complexity index is 402. The van der Waals surface area contributed by atoms with E-state index in [2.05, 4.69) is 5.32 Å². The summed E-state index contributed by atoms with van der Waals surface area (Å²) in [7, 11) is 0. The number of aliphatic hydroxyl groups is 1. The van der Waals surface area contributed by atoms with Crippen LogP contribution >= 0.6 is 11.8 Å². The summed E-state index contributed by atoms with van der Waals surface area (Å²) in [6.45, 7) is 1.97. The molecule has 0 aliphatic heterocycles. The Labute approximate surface area is 112 Å². The van der Waals surface area contributed by atoms with Crippen molar-refractivity contribution in [1.29, 1.82) is 0 Å². The SMILES string of the molecule is CSC[C@@](C)(O)CNC(=O)/C=C/c1ccccc1. The lowest BCUT2D eigenvalue weighted by molar-refractivity contribution is -0.117. The maximum atomic E-state index is 11.6. The minimum Gasteiger partial charge on any atom is -0.387 e. The highest BCUT2D eigenvalue weighted by atomic mass is 32.2. The smallest absolute Gasteiger partial charge is 0.244 e. The van der Waals surface area contributed by atoms with Crippen LogP contribution in [-0.2, 0) is 4.79 Å². The molecule has 0 bridgehead atoms. The molecular formula is C14H19NO2S. The third kappa shape index (κ3) is 5.89. The second-order valence-electron chi connectivity index (χ2n) is 4.39. The maximum absolute atomic E-state index is 11.6. The Morgan fingerprint density at radius 1 is 1.44 bits per heavy atom. The number of carbonyl (C=O) groups excluding carboxylic acids is 1. The molecule has 1 rings (SSSR count). The topological polar surface area (TPSA) is 49.3 Å². The van der Waals surface area contributed by atoms with Crippen molar-refractivity contribution in [3.63, 3.8) is 0 Å². The molecule has 0 heterocycles. The summed E-state index contributed by atoms with van der Waals surface area (Å²) in [5, 5.41) is 12.6. The van der Waals surface area contributed by atoms with Gasteiger partial charge in [0, 0.05) is 18.4 Å². The zero-order valence-corrected chi connectivity index (χ0v) is 11.5. The summed E-state index contributed by atoms with van der Waals surface area (Å²) in [4.78, 5) is 11.6. The van der Waals surface area contributed by atoms with Crippen LogP contribution in [-0.4, -0.2) is 35.2 Å². The average molecular weight is 265 g/mol. The second kappa shape index (κ2) is 7.24. The van der Waals surface area contributed by atoms with E-state index in [4.69, 9.17) is 0 Å². The van der Waals surface area contributed by atoms with Crippen molar-refractivity contribution in [2.24, 2.45) is 0 Å². The average Bonchev–Trinajstić information content (AvgIpc) is 2.35. The molecule has 0 spiro atoms. The van der Waals surface area contributed by atoms with Crippen LogP contribution in [0.4, 0.5) is 0 Å². The van der Waals surface area contributed by atoms with Gasteiger partial charge in [0.2, 0.25) is 5.91 Å². The van der Waals surface area contributed by atoms with Crippen LogP contribution in [0.3, 0.4) is 0 Å². The van der Waals surface area contributed by atoms with E-state index in [1.54, 1.807) is 24.8 Å².